The van der Waals surface area contributed by atoms with Crippen LogP contribution in [0.2, 0.25) is 0 Å². The molecule has 2 aromatic rings. The molecule has 0 bridgehead atoms. The van der Waals surface area contributed by atoms with E-state index < -0.39 is 0 Å². The Morgan fingerprint density at radius 2 is 1.75 bits per heavy atom. The van der Waals surface area contributed by atoms with Gasteiger partial charge in [0.05, 0.1) is 6.61 Å². The molecule has 2 N–H and O–H groups in total. The van der Waals surface area contributed by atoms with E-state index >= 15 is 0 Å². The van der Waals surface area contributed by atoms with Gasteiger partial charge in [-0.15, -0.1) is 0 Å². The molecule has 0 unspecified atom stereocenters. The molecule has 4 nitrogen and oxygen atoms in total. The fourth-order valence-electron chi connectivity index (χ4n) is 3.48. The minimum absolute atomic E-state index is 0.707. The number of nitrogens with two attached hydrogens (primary N) is 1. The summed E-state index contributed by atoms with van der Waals surface area (Å²) in [7, 11) is 0. The number of rotatable bonds is 7. The summed E-state index contributed by atoms with van der Waals surface area (Å²) in [6, 6.07) is 12.9. The van der Waals surface area contributed by atoms with Crippen molar-refractivity contribution in [2.24, 2.45) is 5.73 Å². The first-order valence-corrected chi connectivity index (χ1v) is 9.10. The van der Waals surface area contributed by atoms with Crippen LogP contribution in [0.25, 0.3) is 10.8 Å². The molecule has 0 aromatic heterocycles. The molecule has 0 atom stereocenters. The summed E-state index contributed by atoms with van der Waals surface area (Å²) >= 11 is 0. The summed E-state index contributed by atoms with van der Waals surface area (Å²) in [5, 5.41) is 2.60. The molecule has 0 spiro atoms. The number of benzene rings is 2. The number of ether oxygens (including phenoxy) is 1. The van der Waals surface area contributed by atoms with Gasteiger partial charge >= 0.3 is 0 Å². The molecule has 0 aliphatic carbocycles. The number of fused-ring (bicyclic) bond motifs is 1. The van der Waals surface area contributed by atoms with E-state index in [9.17, 15) is 0 Å². The van der Waals surface area contributed by atoms with E-state index in [4.69, 9.17) is 10.5 Å². The lowest BCUT2D eigenvalue weighted by atomic mass is 10.0. The molecule has 24 heavy (non-hydrogen) atoms. The van der Waals surface area contributed by atoms with Gasteiger partial charge in [0.2, 0.25) is 0 Å². The van der Waals surface area contributed by atoms with Crippen molar-refractivity contribution < 1.29 is 4.74 Å². The Bertz CT molecular complexity index is 650. The molecule has 4 heteroatoms. The smallest absolute Gasteiger partial charge is 0.124 e. The van der Waals surface area contributed by atoms with Crippen molar-refractivity contribution in [3.63, 3.8) is 0 Å². The third-order valence-corrected chi connectivity index (χ3v) is 4.82. The molecule has 0 saturated carbocycles. The molecule has 1 fully saturated rings. The highest BCUT2D eigenvalue weighted by molar-refractivity contribution is 5.87. The van der Waals surface area contributed by atoms with Crippen LogP contribution in [0.3, 0.4) is 0 Å². The van der Waals surface area contributed by atoms with Crippen LogP contribution in [-0.2, 0) is 6.54 Å². The highest BCUT2D eigenvalue weighted by atomic mass is 16.5. The first-order chi connectivity index (χ1) is 11.8. The lowest BCUT2D eigenvalue weighted by Gasteiger charge is -2.35. The predicted molar refractivity (Wildman–Crippen MR) is 101 cm³/mol. The second-order valence-corrected chi connectivity index (χ2v) is 6.46. The van der Waals surface area contributed by atoms with Crippen LogP contribution >= 0.6 is 0 Å². The van der Waals surface area contributed by atoms with Gasteiger partial charge in [0.25, 0.3) is 0 Å². The maximum Gasteiger partial charge on any atom is 0.124 e. The normalized spacial score (nSPS) is 16.6. The van der Waals surface area contributed by atoms with Crippen molar-refractivity contribution in [2.45, 2.75) is 19.9 Å². The van der Waals surface area contributed by atoms with Crippen molar-refractivity contribution in [2.75, 3.05) is 45.9 Å². The highest BCUT2D eigenvalue weighted by Crippen LogP contribution is 2.29. The van der Waals surface area contributed by atoms with Gasteiger partial charge in [-0.05, 0) is 43.3 Å². The van der Waals surface area contributed by atoms with Gasteiger partial charge in [-0.1, -0.05) is 30.3 Å². The monoisotopic (exact) mass is 327 g/mol. The van der Waals surface area contributed by atoms with Gasteiger partial charge < -0.3 is 15.4 Å². The van der Waals surface area contributed by atoms with Crippen LogP contribution in [0.1, 0.15) is 18.9 Å². The molecule has 1 saturated heterocycles. The van der Waals surface area contributed by atoms with Crippen LogP contribution < -0.4 is 10.5 Å². The van der Waals surface area contributed by atoms with Gasteiger partial charge in [-0.2, -0.15) is 0 Å². The predicted octanol–water partition coefficient (Wildman–Crippen LogP) is 2.70. The summed E-state index contributed by atoms with van der Waals surface area (Å²) in [6.07, 6.45) is 1.10. The van der Waals surface area contributed by atoms with Crippen molar-refractivity contribution in [1.82, 2.24) is 9.80 Å². The maximum absolute atomic E-state index is 5.91. The summed E-state index contributed by atoms with van der Waals surface area (Å²) in [5.74, 6) is 1.03. The summed E-state index contributed by atoms with van der Waals surface area (Å²) in [4.78, 5) is 5.07. The molecule has 130 valence electrons. The topological polar surface area (TPSA) is 41.7 Å². The average Bonchev–Trinajstić information content (AvgIpc) is 2.63. The van der Waals surface area contributed by atoms with Crippen molar-refractivity contribution in [3.05, 3.63) is 42.0 Å². The SMILES string of the molecule is CCOc1ccc2ccccc2c1CN1CCN(CCCN)CC1. The van der Waals surface area contributed by atoms with Gasteiger partial charge in [0.1, 0.15) is 5.75 Å². The Morgan fingerprint density at radius 1 is 1.00 bits per heavy atom. The zero-order valence-electron chi connectivity index (χ0n) is 14.7. The van der Waals surface area contributed by atoms with E-state index in [1.807, 2.05) is 0 Å². The number of nitrogens with zero attached hydrogens (tertiary/aromatic N) is 2. The lowest BCUT2D eigenvalue weighted by Crippen LogP contribution is -2.46. The molecule has 1 aliphatic heterocycles. The largest absolute Gasteiger partial charge is 0.494 e. The van der Waals surface area contributed by atoms with Crippen LogP contribution in [0.5, 0.6) is 5.75 Å². The van der Waals surface area contributed by atoms with E-state index in [0.717, 1.165) is 58.0 Å². The zero-order valence-corrected chi connectivity index (χ0v) is 14.7. The lowest BCUT2D eigenvalue weighted by molar-refractivity contribution is 0.126. The minimum Gasteiger partial charge on any atom is -0.494 e. The number of hydrogen-bond acceptors (Lipinski definition) is 4. The van der Waals surface area contributed by atoms with E-state index in [1.54, 1.807) is 0 Å². The second kappa shape index (κ2) is 8.47. The van der Waals surface area contributed by atoms with Gasteiger partial charge in [-0.25, -0.2) is 0 Å². The third kappa shape index (κ3) is 4.07. The summed E-state index contributed by atoms with van der Waals surface area (Å²) in [5.41, 5.74) is 6.95. The maximum atomic E-state index is 5.91. The quantitative estimate of drug-likeness (QED) is 0.849. The average molecular weight is 327 g/mol. The molecule has 3 rings (SSSR count). The first-order valence-electron chi connectivity index (χ1n) is 9.10. The second-order valence-electron chi connectivity index (χ2n) is 6.46. The van der Waals surface area contributed by atoms with Crippen molar-refractivity contribution >= 4 is 10.8 Å². The Labute approximate surface area is 145 Å². The van der Waals surface area contributed by atoms with Gasteiger partial charge in [-0.3, -0.25) is 4.90 Å². The van der Waals surface area contributed by atoms with E-state index in [1.165, 1.54) is 16.3 Å². The zero-order chi connectivity index (χ0) is 16.8. The number of piperazine rings is 1. The van der Waals surface area contributed by atoms with Crippen LogP contribution in [0.4, 0.5) is 0 Å². The molecule has 1 aliphatic rings. The molecule has 1 heterocycles. The Morgan fingerprint density at radius 3 is 2.50 bits per heavy atom. The van der Waals surface area contributed by atoms with Gasteiger partial charge in [0.15, 0.2) is 0 Å². The van der Waals surface area contributed by atoms with Crippen molar-refractivity contribution in [1.29, 1.82) is 0 Å². The van der Waals surface area contributed by atoms with Crippen LogP contribution in [-0.4, -0.2) is 55.7 Å². The molecular formula is C20H29N3O. The standard InChI is InChI=1S/C20H29N3O/c1-2-24-20-9-8-17-6-3-4-7-18(17)19(20)16-23-14-12-22(13-15-23)11-5-10-21/h3-4,6-9H,2,5,10-16,21H2,1H3. The van der Waals surface area contributed by atoms with E-state index in [-0.39, 0.29) is 0 Å². The molecule has 0 radical (unpaired) electrons. The third-order valence-electron chi connectivity index (χ3n) is 4.82. The fraction of sp³-hybridized carbons (Fsp3) is 0.500. The molecule has 2 aromatic carbocycles. The van der Waals surface area contributed by atoms with Crippen LogP contribution in [0.15, 0.2) is 36.4 Å². The number of hydrogen-bond donors (Lipinski definition) is 1. The van der Waals surface area contributed by atoms with Crippen LogP contribution in [0, 0.1) is 0 Å². The molecule has 0 amide bonds. The molecular weight excluding hydrogens is 298 g/mol. The summed E-state index contributed by atoms with van der Waals surface area (Å²) < 4.78 is 5.91. The highest BCUT2D eigenvalue weighted by Gasteiger charge is 2.19. The van der Waals surface area contributed by atoms with Gasteiger partial charge in [0, 0.05) is 38.3 Å². The fourth-order valence-corrected chi connectivity index (χ4v) is 3.48. The Kier molecular flexibility index (Phi) is 6.07. The van der Waals surface area contributed by atoms with Crippen molar-refractivity contribution in [3.8, 4) is 5.75 Å². The summed E-state index contributed by atoms with van der Waals surface area (Å²) in [6.45, 7) is 10.1. The van der Waals surface area contributed by atoms with E-state index in [2.05, 4.69) is 53.1 Å². The first kappa shape index (κ1) is 17.2. The van der Waals surface area contributed by atoms with E-state index in [0.29, 0.717) is 6.61 Å². The minimum atomic E-state index is 0.707. The Balaban J connectivity index is 1.73. The Hall–Kier alpha value is -1.62.